The Labute approximate surface area is 82.3 Å². The van der Waals surface area contributed by atoms with Crippen molar-refractivity contribution in [2.24, 2.45) is 0 Å². The molecular weight excluding hydrogens is 184 g/mol. The van der Waals surface area contributed by atoms with Crippen LogP contribution >= 0.6 is 0 Å². The zero-order chi connectivity index (χ0) is 10.8. The summed E-state index contributed by atoms with van der Waals surface area (Å²) in [6, 6.07) is 1.47. The molecular formula is C9H14N2O3. The van der Waals surface area contributed by atoms with E-state index in [9.17, 15) is 4.79 Å². The number of hydrogen-bond acceptors (Lipinski definition) is 3. The maximum atomic E-state index is 10.6. The molecule has 0 saturated carbocycles. The van der Waals surface area contributed by atoms with Crippen LogP contribution in [-0.2, 0) is 10.3 Å². The Morgan fingerprint density at radius 2 is 2.36 bits per heavy atom. The van der Waals surface area contributed by atoms with Gasteiger partial charge in [0.15, 0.2) is 5.69 Å². The van der Waals surface area contributed by atoms with E-state index in [1.54, 1.807) is 18.0 Å². The van der Waals surface area contributed by atoms with Crippen LogP contribution in [0.15, 0.2) is 12.3 Å². The Kier molecular flexibility index (Phi) is 2.90. The lowest BCUT2D eigenvalue weighted by Crippen LogP contribution is -2.32. The van der Waals surface area contributed by atoms with Gasteiger partial charge in [-0.25, -0.2) is 4.79 Å². The highest BCUT2D eigenvalue weighted by molar-refractivity contribution is 5.85. The molecule has 0 aliphatic rings. The van der Waals surface area contributed by atoms with Gasteiger partial charge in [0, 0.05) is 13.3 Å². The van der Waals surface area contributed by atoms with Crippen LogP contribution in [0.4, 0.5) is 0 Å². The van der Waals surface area contributed by atoms with Crippen LogP contribution in [-0.4, -0.2) is 34.6 Å². The number of ether oxygens (including phenoxy) is 1. The zero-order valence-electron chi connectivity index (χ0n) is 8.52. The number of hydrogen-bond donors (Lipinski definition) is 1. The van der Waals surface area contributed by atoms with E-state index in [0.717, 1.165) is 0 Å². The Bertz CT molecular complexity index is 331. The molecule has 0 fully saturated rings. The largest absolute Gasteiger partial charge is 0.476 e. The summed E-state index contributed by atoms with van der Waals surface area (Å²) < 4.78 is 6.62. The van der Waals surface area contributed by atoms with Gasteiger partial charge in [0.05, 0.1) is 12.1 Å². The molecule has 5 nitrogen and oxygen atoms in total. The molecule has 0 unspecified atom stereocenters. The molecule has 0 atom stereocenters. The zero-order valence-corrected chi connectivity index (χ0v) is 8.52. The van der Waals surface area contributed by atoms with Crippen molar-refractivity contribution in [3.05, 3.63) is 18.0 Å². The third kappa shape index (κ3) is 2.11. The van der Waals surface area contributed by atoms with Crippen LogP contribution in [0, 0.1) is 0 Å². The summed E-state index contributed by atoms with van der Waals surface area (Å²) in [6.45, 7) is 4.33. The maximum Gasteiger partial charge on any atom is 0.356 e. The third-order valence-electron chi connectivity index (χ3n) is 1.93. The van der Waals surface area contributed by atoms with Crippen LogP contribution in [0.1, 0.15) is 24.3 Å². The minimum Gasteiger partial charge on any atom is -0.476 e. The number of aromatic carboxylic acids is 1. The molecule has 0 saturated heterocycles. The number of methoxy groups -OCH3 is 1. The van der Waals surface area contributed by atoms with Crippen molar-refractivity contribution in [1.29, 1.82) is 0 Å². The molecule has 1 rings (SSSR count). The highest BCUT2D eigenvalue weighted by atomic mass is 16.5. The molecule has 1 aromatic heterocycles. The molecule has 0 aliphatic heterocycles. The van der Waals surface area contributed by atoms with Crippen LogP contribution in [0.25, 0.3) is 0 Å². The second-order valence-electron chi connectivity index (χ2n) is 3.70. The number of carboxylic acid groups (broad SMARTS) is 1. The summed E-state index contributed by atoms with van der Waals surface area (Å²) in [5, 5.41) is 12.6. The molecule has 0 radical (unpaired) electrons. The van der Waals surface area contributed by atoms with Crippen molar-refractivity contribution >= 4 is 5.97 Å². The fraction of sp³-hybridized carbons (Fsp3) is 0.556. The van der Waals surface area contributed by atoms with Gasteiger partial charge in [0.25, 0.3) is 0 Å². The van der Waals surface area contributed by atoms with Crippen LogP contribution < -0.4 is 0 Å². The van der Waals surface area contributed by atoms with Gasteiger partial charge in [-0.3, -0.25) is 4.68 Å². The van der Waals surface area contributed by atoms with Gasteiger partial charge in [0.2, 0.25) is 0 Å². The summed E-state index contributed by atoms with van der Waals surface area (Å²) in [5.74, 6) is -1.02. The first-order chi connectivity index (χ1) is 6.47. The Morgan fingerprint density at radius 1 is 1.71 bits per heavy atom. The minimum atomic E-state index is -1.02. The molecule has 1 heterocycles. The predicted molar refractivity (Wildman–Crippen MR) is 50.4 cm³/mol. The molecule has 0 spiro atoms. The first kappa shape index (κ1) is 10.7. The fourth-order valence-electron chi connectivity index (χ4n) is 1.19. The number of aromatic nitrogens is 2. The van der Waals surface area contributed by atoms with Crippen molar-refractivity contribution in [2.75, 3.05) is 13.7 Å². The highest BCUT2D eigenvalue weighted by Gasteiger charge is 2.22. The van der Waals surface area contributed by atoms with E-state index >= 15 is 0 Å². The number of carboxylic acids is 1. The van der Waals surface area contributed by atoms with Gasteiger partial charge in [-0.2, -0.15) is 5.10 Å². The standard InChI is InChI=1S/C9H14N2O3/c1-9(2,6-14-3)11-5-4-7(10-11)8(12)13/h4-5H,6H2,1-3H3,(H,12,13). The molecule has 78 valence electrons. The smallest absolute Gasteiger partial charge is 0.356 e. The van der Waals surface area contributed by atoms with Gasteiger partial charge in [-0.1, -0.05) is 0 Å². The van der Waals surface area contributed by atoms with E-state index < -0.39 is 5.97 Å². The first-order valence-electron chi connectivity index (χ1n) is 4.26. The molecule has 0 aromatic carbocycles. The van der Waals surface area contributed by atoms with Crippen molar-refractivity contribution in [2.45, 2.75) is 19.4 Å². The minimum absolute atomic E-state index is 0.0502. The third-order valence-corrected chi connectivity index (χ3v) is 1.93. The van der Waals surface area contributed by atoms with Crippen molar-refractivity contribution < 1.29 is 14.6 Å². The molecule has 5 heteroatoms. The summed E-state index contributed by atoms with van der Waals surface area (Å²) in [5.41, 5.74) is -0.281. The lowest BCUT2D eigenvalue weighted by molar-refractivity contribution is 0.0683. The van der Waals surface area contributed by atoms with E-state index in [1.807, 2.05) is 13.8 Å². The van der Waals surface area contributed by atoms with E-state index in [0.29, 0.717) is 6.61 Å². The van der Waals surface area contributed by atoms with Crippen LogP contribution in [0.5, 0.6) is 0 Å². The first-order valence-corrected chi connectivity index (χ1v) is 4.26. The average Bonchev–Trinajstić information content (AvgIpc) is 2.51. The van der Waals surface area contributed by atoms with E-state index in [4.69, 9.17) is 9.84 Å². The Balaban J connectivity index is 2.90. The summed E-state index contributed by atoms with van der Waals surface area (Å²) in [6.07, 6.45) is 1.64. The van der Waals surface area contributed by atoms with E-state index in [1.165, 1.54) is 6.07 Å². The normalized spacial score (nSPS) is 11.6. The second kappa shape index (κ2) is 3.79. The van der Waals surface area contributed by atoms with E-state index in [2.05, 4.69) is 5.10 Å². The monoisotopic (exact) mass is 198 g/mol. The van der Waals surface area contributed by atoms with Gasteiger partial charge in [-0.05, 0) is 19.9 Å². The van der Waals surface area contributed by atoms with Crippen molar-refractivity contribution in [1.82, 2.24) is 9.78 Å². The lowest BCUT2D eigenvalue weighted by atomic mass is 10.1. The molecule has 0 bridgehead atoms. The van der Waals surface area contributed by atoms with Crippen LogP contribution in [0.2, 0.25) is 0 Å². The molecule has 14 heavy (non-hydrogen) atoms. The molecule has 0 aliphatic carbocycles. The highest BCUT2D eigenvalue weighted by Crippen LogP contribution is 2.14. The van der Waals surface area contributed by atoms with Gasteiger partial charge in [0.1, 0.15) is 0 Å². The Morgan fingerprint density at radius 3 is 2.79 bits per heavy atom. The summed E-state index contributed by atoms with van der Waals surface area (Å²) in [7, 11) is 1.60. The average molecular weight is 198 g/mol. The molecule has 1 aromatic rings. The predicted octanol–water partition coefficient (Wildman–Crippen LogP) is 0.963. The Hall–Kier alpha value is -1.36. The number of nitrogens with zero attached hydrogens (tertiary/aromatic N) is 2. The van der Waals surface area contributed by atoms with E-state index in [-0.39, 0.29) is 11.2 Å². The van der Waals surface area contributed by atoms with Crippen LogP contribution in [0.3, 0.4) is 0 Å². The second-order valence-corrected chi connectivity index (χ2v) is 3.70. The van der Waals surface area contributed by atoms with Crippen molar-refractivity contribution in [3.8, 4) is 0 Å². The van der Waals surface area contributed by atoms with Gasteiger partial charge in [-0.15, -0.1) is 0 Å². The van der Waals surface area contributed by atoms with Gasteiger partial charge < -0.3 is 9.84 Å². The SMILES string of the molecule is COCC(C)(C)n1ccc(C(=O)O)n1. The topological polar surface area (TPSA) is 64.3 Å². The molecule has 0 amide bonds. The maximum absolute atomic E-state index is 10.6. The summed E-state index contributed by atoms with van der Waals surface area (Å²) in [4.78, 5) is 10.6. The summed E-state index contributed by atoms with van der Waals surface area (Å²) >= 11 is 0. The number of carbonyl (C=O) groups is 1. The molecule has 1 N–H and O–H groups in total. The fourth-order valence-corrected chi connectivity index (χ4v) is 1.19. The quantitative estimate of drug-likeness (QED) is 0.782. The van der Waals surface area contributed by atoms with Gasteiger partial charge >= 0.3 is 5.97 Å². The lowest BCUT2D eigenvalue weighted by Gasteiger charge is -2.24. The number of rotatable bonds is 4. The van der Waals surface area contributed by atoms with Crippen molar-refractivity contribution in [3.63, 3.8) is 0 Å².